The summed E-state index contributed by atoms with van der Waals surface area (Å²) < 4.78 is 5.47. The van der Waals surface area contributed by atoms with Gasteiger partial charge in [-0.05, 0) is 30.9 Å². The molecule has 1 aromatic heterocycles. The Labute approximate surface area is 77.0 Å². The molecule has 0 saturated heterocycles. The zero-order valence-corrected chi connectivity index (χ0v) is 7.23. The van der Waals surface area contributed by atoms with Crippen LogP contribution in [0.1, 0.15) is 18.5 Å². The number of nitrogens with zero attached hydrogens (tertiary/aromatic N) is 2. The van der Waals surface area contributed by atoms with E-state index in [1.54, 1.807) is 18.3 Å². The number of aromatic nitrogens is 1. The van der Waals surface area contributed by atoms with Crippen molar-refractivity contribution in [2.45, 2.75) is 12.8 Å². The van der Waals surface area contributed by atoms with Gasteiger partial charge in [0, 0.05) is 6.20 Å². The monoisotopic (exact) mass is 174 g/mol. The van der Waals surface area contributed by atoms with E-state index in [1.807, 2.05) is 6.07 Å². The van der Waals surface area contributed by atoms with Crippen molar-refractivity contribution >= 4 is 0 Å². The van der Waals surface area contributed by atoms with Crippen LogP contribution in [0, 0.1) is 17.2 Å². The van der Waals surface area contributed by atoms with E-state index in [0.717, 1.165) is 6.61 Å². The van der Waals surface area contributed by atoms with Gasteiger partial charge < -0.3 is 4.74 Å². The Bertz CT molecular complexity index is 339. The van der Waals surface area contributed by atoms with Crippen LogP contribution in [0.25, 0.3) is 0 Å². The van der Waals surface area contributed by atoms with Crippen molar-refractivity contribution in [2.24, 2.45) is 5.92 Å². The van der Waals surface area contributed by atoms with Crippen LogP contribution in [0.4, 0.5) is 0 Å². The molecule has 13 heavy (non-hydrogen) atoms. The maximum atomic E-state index is 8.71. The summed E-state index contributed by atoms with van der Waals surface area (Å²) in [6, 6.07) is 5.57. The molecule has 0 radical (unpaired) electrons. The Hall–Kier alpha value is -1.56. The molecule has 3 heteroatoms. The molecule has 66 valence electrons. The average Bonchev–Trinajstić information content (AvgIpc) is 2.99. The fraction of sp³-hybridized carbons (Fsp3) is 0.400. The number of hydrogen-bond acceptors (Lipinski definition) is 3. The van der Waals surface area contributed by atoms with Crippen LogP contribution in [0.15, 0.2) is 18.3 Å². The summed E-state index contributed by atoms with van der Waals surface area (Å²) >= 11 is 0. The third-order valence-corrected chi connectivity index (χ3v) is 2.05. The molecule has 0 aromatic carbocycles. The first-order chi connectivity index (χ1) is 6.40. The highest BCUT2D eigenvalue weighted by Crippen LogP contribution is 2.29. The first-order valence-electron chi connectivity index (χ1n) is 4.38. The zero-order valence-electron chi connectivity index (χ0n) is 7.23. The minimum Gasteiger partial charge on any atom is -0.490 e. The largest absolute Gasteiger partial charge is 0.490 e. The molecule has 0 unspecified atom stereocenters. The van der Waals surface area contributed by atoms with Crippen LogP contribution >= 0.6 is 0 Å². The van der Waals surface area contributed by atoms with Crippen molar-refractivity contribution in [3.05, 3.63) is 24.0 Å². The number of pyridine rings is 1. The predicted octanol–water partition coefficient (Wildman–Crippen LogP) is 1.74. The lowest BCUT2D eigenvalue weighted by Crippen LogP contribution is -2.01. The third-order valence-electron chi connectivity index (χ3n) is 2.05. The SMILES string of the molecule is N#Cc1ncccc1OCC1CC1. The zero-order chi connectivity index (χ0) is 9.10. The number of ether oxygens (including phenoxy) is 1. The van der Waals surface area contributed by atoms with Crippen LogP contribution in [-0.2, 0) is 0 Å². The van der Waals surface area contributed by atoms with E-state index in [-0.39, 0.29) is 0 Å². The minimum atomic E-state index is 0.378. The van der Waals surface area contributed by atoms with Gasteiger partial charge in [-0.25, -0.2) is 4.98 Å². The molecule has 1 aliphatic carbocycles. The molecular formula is C10H10N2O. The van der Waals surface area contributed by atoms with Gasteiger partial charge in [-0.1, -0.05) is 0 Å². The molecule has 0 N–H and O–H groups in total. The maximum Gasteiger partial charge on any atom is 0.182 e. The van der Waals surface area contributed by atoms with Crippen LogP contribution in [0.5, 0.6) is 5.75 Å². The molecule has 0 aliphatic heterocycles. The van der Waals surface area contributed by atoms with Gasteiger partial charge in [0.25, 0.3) is 0 Å². The highest BCUT2D eigenvalue weighted by atomic mass is 16.5. The molecule has 1 heterocycles. The second-order valence-corrected chi connectivity index (χ2v) is 3.22. The van der Waals surface area contributed by atoms with E-state index in [9.17, 15) is 0 Å². The third kappa shape index (κ3) is 1.97. The molecule has 0 atom stereocenters. The molecule has 1 aliphatic rings. The Morgan fingerprint density at radius 3 is 3.15 bits per heavy atom. The number of rotatable bonds is 3. The summed E-state index contributed by atoms with van der Waals surface area (Å²) in [6.45, 7) is 0.723. The van der Waals surface area contributed by atoms with E-state index < -0.39 is 0 Å². The molecule has 1 saturated carbocycles. The van der Waals surface area contributed by atoms with Crippen molar-refractivity contribution < 1.29 is 4.74 Å². The lowest BCUT2D eigenvalue weighted by molar-refractivity contribution is 0.297. The van der Waals surface area contributed by atoms with Gasteiger partial charge in [-0.2, -0.15) is 5.26 Å². The average molecular weight is 174 g/mol. The summed E-state index contributed by atoms with van der Waals surface area (Å²) in [6.07, 6.45) is 4.10. The van der Waals surface area contributed by atoms with Crippen molar-refractivity contribution in [3.63, 3.8) is 0 Å². The van der Waals surface area contributed by atoms with E-state index in [2.05, 4.69) is 4.98 Å². The molecular weight excluding hydrogens is 164 g/mol. The highest BCUT2D eigenvalue weighted by Gasteiger charge is 2.22. The summed E-state index contributed by atoms with van der Waals surface area (Å²) in [5.41, 5.74) is 0.378. The molecule has 0 amide bonds. The quantitative estimate of drug-likeness (QED) is 0.701. The van der Waals surface area contributed by atoms with Crippen LogP contribution in [0.3, 0.4) is 0 Å². The fourth-order valence-corrected chi connectivity index (χ4v) is 1.08. The number of hydrogen-bond donors (Lipinski definition) is 0. The van der Waals surface area contributed by atoms with Crippen LogP contribution < -0.4 is 4.74 Å². The predicted molar refractivity (Wildman–Crippen MR) is 47.2 cm³/mol. The van der Waals surface area contributed by atoms with Crippen molar-refractivity contribution in [1.82, 2.24) is 4.98 Å². The molecule has 3 nitrogen and oxygen atoms in total. The van der Waals surface area contributed by atoms with E-state index in [1.165, 1.54) is 12.8 Å². The summed E-state index contributed by atoms with van der Waals surface area (Å²) in [4.78, 5) is 3.91. The molecule has 2 rings (SSSR count). The van der Waals surface area contributed by atoms with Crippen LogP contribution in [-0.4, -0.2) is 11.6 Å². The smallest absolute Gasteiger partial charge is 0.182 e. The van der Waals surface area contributed by atoms with E-state index >= 15 is 0 Å². The van der Waals surface area contributed by atoms with Gasteiger partial charge >= 0.3 is 0 Å². The molecule has 0 spiro atoms. The molecule has 1 fully saturated rings. The maximum absolute atomic E-state index is 8.71. The topological polar surface area (TPSA) is 45.9 Å². The van der Waals surface area contributed by atoms with Gasteiger partial charge in [0.15, 0.2) is 11.4 Å². The first-order valence-corrected chi connectivity index (χ1v) is 4.38. The normalized spacial score (nSPS) is 15.0. The Balaban J connectivity index is 2.05. The van der Waals surface area contributed by atoms with Crippen molar-refractivity contribution in [2.75, 3.05) is 6.61 Å². The highest BCUT2D eigenvalue weighted by molar-refractivity contribution is 5.36. The second kappa shape index (κ2) is 3.44. The van der Waals surface area contributed by atoms with Gasteiger partial charge in [0.1, 0.15) is 6.07 Å². The summed E-state index contributed by atoms with van der Waals surface area (Å²) in [7, 11) is 0. The summed E-state index contributed by atoms with van der Waals surface area (Å²) in [5.74, 6) is 1.31. The van der Waals surface area contributed by atoms with Gasteiger partial charge in [-0.3, -0.25) is 0 Å². The summed E-state index contributed by atoms with van der Waals surface area (Å²) in [5, 5.41) is 8.71. The first kappa shape index (κ1) is 8.06. The Morgan fingerprint density at radius 1 is 1.62 bits per heavy atom. The van der Waals surface area contributed by atoms with Crippen molar-refractivity contribution in [1.29, 1.82) is 5.26 Å². The lowest BCUT2D eigenvalue weighted by Gasteiger charge is -2.04. The molecule has 0 bridgehead atoms. The second-order valence-electron chi connectivity index (χ2n) is 3.22. The van der Waals surface area contributed by atoms with Gasteiger partial charge in [-0.15, -0.1) is 0 Å². The van der Waals surface area contributed by atoms with Gasteiger partial charge in [0.05, 0.1) is 6.61 Å². The van der Waals surface area contributed by atoms with Crippen LogP contribution in [0.2, 0.25) is 0 Å². The fourth-order valence-electron chi connectivity index (χ4n) is 1.08. The van der Waals surface area contributed by atoms with Gasteiger partial charge in [0.2, 0.25) is 0 Å². The van der Waals surface area contributed by atoms with Crippen molar-refractivity contribution in [3.8, 4) is 11.8 Å². The van der Waals surface area contributed by atoms with E-state index in [0.29, 0.717) is 17.4 Å². The number of nitriles is 1. The lowest BCUT2D eigenvalue weighted by atomic mass is 10.3. The molecule has 1 aromatic rings. The Morgan fingerprint density at radius 2 is 2.46 bits per heavy atom. The van der Waals surface area contributed by atoms with E-state index in [4.69, 9.17) is 10.00 Å². The minimum absolute atomic E-state index is 0.378. The standard InChI is InChI=1S/C10H10N2O/c11-6-9-10(2-1-5-12-9)13-7-8-3-4-8/h1-2,5,8H,3-4,7H2. The Kier molecular flexibility index (Phi) is 2.13.